The molecule has 8 heteroatoms. The molecule has 0 spiro atoms. The van der Waals surface area contributed by atoms with Crippen molar-refractivity contribution >= 4 is 17.6 Å². The molecule has 2 aliphatic heterocycles. The SMILES string of the molecule is COc1cc([C@@H]2c3cc4c(cc3[C@H](Cl)[C@H]3COC(=O)[C@@H]23)OCO4)cc(OC)c1OC. The van der Waals surface area contributed by atoms with Gasteiger partial charge in [0, 0.05) is 11.8 Å². The number of esters is 1. The number of carbonyl (C=O) groups is 1. The van der Waals surface area contributed by atoms with Gasteiger partial charge in [-0.15, -0.1) is 11.6 Å². The number of halogens is 1. The summed E-state index contributed by atoms with van der Waals surface area (Å²) >= 11 is 6.83. The molecule has 0 radical (unpaired) electrons. The number of benzene rings is 2. The molecule has 1 saturated heterocycles. The molecule has 7 nitrogen and oxygen atoms in total. The van der Waals surface area contributed by atoms with Gasteiger partial charge >= 0.3 is 5.97 Å². The molecule has 4 atom stereocenters. The first kappa shape index (κ1) is 19.2. The highest BCUT2D eigenvalue weighted by atomic mass is 35.5. The maximum atomic E-state index is 12.8. The standard InChI is InChI=1S/C22H21ClO7/c1-25-16-4-10(5-17(26-2)21(16)27-3)18-11-6-14-15(30-9-29-14)7-12(11)20(23)13-8-28-22(24)19(13)18/h4-7,13,18-20H,8-9H2,1-3H3/t13-,18+,19+,20-/m0/s1. The van der Waals surface area contributed by atoms with Gasteiger partial charge in [-0.1, -0.05) is 0 Å². The summed E-state index contributed by atoms with van der Waals surface area (Å²) < 4.78 is 33.1. The summed E-state index contributed by atoms with van der Waals surface area (Å²) in [5.74, 6) is 1.68. The number of alkyl halides is 1. The van der Waals surface area contributed by atoms with Gasteiger partial charge in [0.2, 0.25) is 12.5 Å². The minimum absolute atomic E-state index is 0.156. The lowest BCUT2D eigenvalue weighted by Crippen LogP contribution is -2.33. The summed E-state index contributed by atoms with van der Waals surface area (Å²) in [6.07, 6.45) is 0. The van der Waals surface area contributed by atoms with Gasteiger partial charge in [0.25, 0.3) is 0 Å². The molecule has 2 aromatic rings. The molecule has 2 aromatic carbocycles. The lowest BCUT2D eigenvalue weighted by Gasteiger charge is -2.36. The Morgan fingerprint density at radius 1 is 0.900 bits per heavy atom. The van der Waals surface area contributed by atoms with E-state index in [9.17, 15) is 4.79 Å². The van der Waals surface area contributed by atoms with E-state index >= 15 is 0 Å². The Bertz CT molecular complexity index is 996. The quantitative estimate of drug-likeness (QED) is 0.539. The second-order valence-electron chi connectivity index (χ2n) is 7.49. The second kappa shape index (κ2) is 7.16. The monoisotopic (exact) mass is 432 g/mol. The molecule has 1 aliphatic carbocycles. The van der Waals surface area contributed by atoms with Crippen molar-refractivity contribution in [2.45, 2.75) is 11.3 Å². The fraction of sp³-hybridized carbons (Fsp3) is 0.409. The van der Waals surface area contributed by atoms with Crippen LogP contribution in [0, 0.1) is 11.8 Å². The first-order chi connectivity index (χ1) is 14.6. The van der Waals surface area contributed by atoms with Crippen LogP contribution in [-0.4, -0.2) is 40.7 Å². The van der Waals surface area contributed by atoms with Crippen molar-refractivity contribution < 1.29 is 33.2 Å². The predicted molar refractivity (Wildman–Crippen MR) is 107 cm³/mol. The van der Waals surface area contributed by atoms with Crippen molar-refractivity contribution in [1.82, 2.24) is 0 Å². The van der Waals surface area contributed by atoms with Gasteiger partial charge in [-0.2, -0.15) is 0 Å². The van der Waals surface area contributed by atoms with Crippen molar-refractivity contribution in [2.75, 3.05) is 34.7 Å². The molecule has 0 unspecified atom stereocenters. The zero-order valence-corrected chi connectivity index (χ0v) is 17.5. The third kappa shape index (κ3) is 2.68. The van der Waals surface area contributed by atoms with Crippen LogP contribution in [0.2, 0.25) is 0 Å². The van der Waals surface area contributed by atoms with Crippen LogP contribution in [-0.2, 0) is 9.53 Å². The minimum atomic E-state index is -0.428. The average Bonchev–Trinajstić information content (AvgIpc) is 3.38. The predicted octanol–water partition coefficient (Wildman–Crippen LogP) is 3.66. The normalized spacial score (nSPS) is 25.9. The molecule has 5 rings (SSSR count). The zero-order chi connectivity index (χ0) is 21.0. The Morgan fingerprint density at radius 3 is 2.13 bits per heavy atom. The molecular formula is C22H21ClO7. The Morgan fingerprint density at radius 2 is 1.53 bits per heavy atom. The number of cyclic esters (lactones) is 1. The molecule has 3 aliphatic rings. The molecule has 0 aromatic heterocycles. The maximum Gasteiger partial charge on any atom is 0.310 e. The van der Waals surface area contributed by atoms with Crippen LogP contribution in [0.5, 0.6) is 28.7 Å². The van der Waals surface area contributed by atoms with Crippen molar-refractivity contribution in [1.29, 1.82) is 0 Å². The fourth-order valence-corrected chi connectivity index (χ4v) is 5.19. The Labute approximate surface area is 178 Å². The van der Waals surface area contributed by atoms with E-state index in [0.717, 1.165) is 16.7 Å². The number of ether oxygens (including phenoxy) is 6. The molecule has 1 fully saturated rings. The van der Waals surface area contributed by atoms with E-state index in [1.54, 1.807) is 21.3 Å². The number of hydrogen-bond acceptors (Lipinski definition) is 7. The number of rotatable bonds is 4. The van der Waals surface area contributed by atoms with Crippen molar-refractivity contribution in [2.24, 2.45) is 11.8 Å². The van der Waals surface area contributed by atoms with Crippen molar-refractivity contribution in [3.8, 4) is 28.7 Å². The van der Waals surface area contributed by atoms with Gasteiger partial charge in [0.1, 0.15) is 0 Å². The summed E-state index contributed by atoms with van der Waals surface area (Å²) in [6.45, 7) is 0.446. The Hall–Kier alpha value is -2.80. The molecule has 0 amide bonds. The first-order valence-corrected chi connectivity index (χ1v) is 10.0. The average molecular weight is 433 g/mol. The topological polar surface area (TPSA) is 72.5 Å². The van der Waals surface area contributed by atoms with E-state index < -0.39 is 5.92 Å². The van der Waals surface area contributed by atoms with Crippen LogP contribution >= 0.6 is 11.6 Å². The first-order valence-electron chi connectivity index (χ1n) is 9.61. The van der Waals surface area contributed by atoms with Crippen molar-refractivity contribution in [3.63, 3.8) is 0 Å². The number of methoxy groups -OCH3 is 3. The highest BCUT2D eigenvalue weighted by Gasteiger charge is 2.52. The molecule has 158 valence electrons. The largest absolute Gasteiger partial charge is 0.493 e. The smallest absolute Gasteiger partial charge is 0.310 e. The molecular weight excluding hydrogens is 412 g/mol. The molecule has 0 saturated carbocycles. The molecule has 0 N–H and O–H groups in total. The third-order valence-electron chi connectivity index (χ3n) is 6.14. The summed E-state index contributed by atoms with van der Waals surface area (Å²) in [5, 5.41) is -0.371. The van der Waals surface area contributed by atoms with E-state index in [-0.39, 0.29) is 36.6 Å². The van der Waals surface area contributed by atoms with Crippen LogP contribution in [0.25, 0.3) is 0 Å². The van der Waals surface area contributed by atoms with Gasteiger partial charge in [-0.05, 0) is 41.0 Å². The lowest BCUT2D eigenvalue weighted by molar-refractivity contribution is -0.141. The minimum Gasteiger partial charge on any atom is -0.493 e. The Balaban J connectivity index is 1.74. The van der Waals surface area contributed by atoms with Gasteiger partial charge in [0.15, 0.2) is 23.0 Å². The molecule has 0 bridgehead atoms. The lowest BCUT2D eigenvalue weighted by atomic mass is 9.67. The summed E-state index contributed by atoms with van der Waals surface area (Å²) in [7, 11) is 4.68. The summed E-state index contributed by atoms with van der Waals surface area (Å²) in [4.78, 5) is 12.8. The fourth-order valence-electron chi connectivity index (χ4n) is 4.78. The zero-order valence-electron chi connectivity index (χ0n) is 16.8. The highest BCUT2D eigenvalue weighted by Crippen LogP contribution is 2.57. The van der Waals surface area contributed by atoms with Gasteiger partial charge < -0.3 is 28.4 Å². The van der Waals surface area contributed by atoms with E-state index in [1.807, 2.05) is 24.3 Å². The Kier molecular flexibility index (Phi) is 4.58. The third-order valence-corrected chi connectivity index (χ3v) is 6.70. The van der Waals surface area contributed by atoms with Crippen LogP contribution in [0.4, 0.5) is 0 Å². The molecule has 2 heterocycles. The van der Waals surface area contributed by atoms with Crippen LogP contribution in [0.1, 0.15) is 28.0 Å². The van der Waals surface area contributed by atoms with Crippen LogP contribution in [0.3, 0.4) is 0 Å². The van der Waals surface area contributed by atoms with Crippen LogP contribution < -0.4 is 23.7 Å². The van der Waals surface area contributed by atoms with Gasteiger partial charge in [-0.25, -0.2) is 0 Å². The number of carbonyl (C=O) groups excluding carboxylic acids is 1. The summed E-state index contributed by atoms with van der Waals surface area (Å²) in [5.41, 5.74) is 2.68. The van der Waals surface area contributed by atoms with Gasteiger partial charge in [0.05, 0.1) is 39.2 Å². The van der Waals surface area contributed by atoms with E-state index in [1.165, 1.54) is 0 Å². The highest BCUT2D eigenvalue weighted by molar-refractivity contribution is 6.21. The number of fused-ring (bicyclic) bond motifs is 3. The molecule has 30 heavy (non-hydrogen) atoms. The van der Waals surface area contributed by atoms with E-state index in [0.29, 0.717) is 28.7 Å². The van der Waals surface area contributed by atoms with E-state index in [2.05, 4.69) is 0 Å². The maximum absolute atomic E-state index is 12.8. The summed E-state index contributed by atoms with van der Waals surface area (Å²) in [6, 6.07) is 7.58. The van der Waals surface area contributed by atoms with Gasteiger partial charge in [-0.3, -0.25) is 4.79 Å². The van der Waals surface area contributed by atoms with E-state index in [4.69, 9.17) is 40.0 Å². The second-order valence-corrected chi connectivity index (χ2v) is 7.96. The van der Waals surface area contributed by atoms with Crippen molar-refractivity contribution in [3.05, 3.63) is 41.0 Å². The van der Waals surface area contributed by atoms with Crippen LogP contribution in [0.15, 0.2) is 24.3 Å². The number of hydrogen-bond donors (Lipinski definition) is 0.